The molecule has 120 valence electrons. The van der Waals surface area contributed by atoms with Crippen molar-refractivity contribution in [3.8, 4) is 0 Å². The lowest BCUT2D eigenvalue weighted by Crippen LogP contribution is -2.45. The molecule has 0 radical (unpaired) electrons. The number of fused-ring (bicyclic) bond motifs is 1. The van der Waals surface area contributed by atoms with Gasteiger partial charge in [0.1, 0.15) is 5.76 Å². The Hall–Kier alpha value is -1.33. The number of piperidine rings is 1. The topological polar surface area (TPSA) is 45.9 Å². The van der Waals surface area contributed by atoms with Crippen molar-refractivity contribution in [3.05, 3.63) is 24.2 Å². The van der Waals surface area contributed by atoms with Crippen molar-refractivity contribution in [2.45, 2.75) is 31.9 Å². The number of furan rings is 1. The summed E-state index contributed by atoms with van der Waals surface area (Å²) in [5.74, 6) is 2.55. The Kier molecular flexibility index (Phi) is 3.92. The molecule has 3 aliphatic rings. The molecule has 22 heavy (non-hydrogen) atoms. The molecule has 0 aromatic carbocycles. The average molecular weight is 304 g/mol. The van der Waals surface area contributed by atoms with E-state index in [1.54, 1.807) is 6.26 Å². The zero-order chi connectivity index (χ0) is 14.9. The van der Waals surface area contributed by atoms with Crippen LogP contribution < -0.4 is 0 Å². The molecule has 3 saturated heterocycles. The maximum absolute atomic E-state index is 11.8. The number of carbonyl (C=O) groups is 1. The molecule has 5 heteroatoms. The van der Waals surface area contributed by atoms with Crippen LogP contribution in [0.1, 0.15) is 25.0 Å². The van der Waals surface area contributed by atoms with Crippen LogP contribution in [0.3, 0.4) is 0 Å². The number of carbonyl (C=O) groups excluding carboxylic acids is 1. The molecule has 3 fully saturated rings. The van der Waals surface area contributed by atoms with Crippen molar-refractivity contribution >= 4 is 5.91 Å². The van der Waals surface area contributed by atoms with E-state index in [1.807, 2.05) is 17.0 Å². The van der Waals surface area contributed by atoms with Crippen LogP contribution in [0.25, 0.3) is 0 Å². The van der Waals surface area contributed by atoms with Gasteiger partial charge in [0.15, 0.2) is 0 Å². The van der Waals surface area contributed by atoms with Crippen molar-refractivity contribution in [1.82, 2.24) is 9.80 Å². The van der Waals surface area contributed by atoms with Gasteiger partial charge in [-0.15, -0.1) is 0 Å². The first-order valence-electron chi connectivity index (χ1n) is 8.44. The summed E-state index contributed by atoms with van der Waals surface area (Å²) >= 11 is 0. The molecule has 0 saturated carbocycles. The van der Waals surface area contributed by atoms with Crippen LogP contribution in [0.15, 0.2) is 22.8 Å². The highest BCUT2D eigenvalue weighted by Crippen LogP contribution is 2.35. The van der Waals surface area contributed by atoms with Crippen molar-refractivity contribution < 1.29 is 13.9 Å². The first-order valence-corrected chi connectivity index (χ1v) is 8.44. The van der Waals surface area contributed by atoms with Gasteiger partial charge < -0.3 is 14.1 Å². The third-order valence-corrected chi connectivity index (χ3v) is 5.42. The van der Waals surface area contributed by atoms with E-state index in [4.69, 9.17) is 9.15 Å². The molecule has 1 aromatic rings. The first kappa shape index (κ1) is 14.3. The summed E-state index contributed by atoms with van der Waals surface area (Å²) in [6, 6.07) is 3.99. The van der Waals surface area contributed by atoms with Gasteiger partial charge in [-0.25, -0.2) is 0 Å². The SMILES string of the molecule is O=C1CCCN1C[C@H]1OC[C@@H]2CCN(Cc3ccco3)C[C@@H]21. The lowest BCUT2D eigenvalue weighted by molar-refractivity contribution is -0.129. The Morgan fingerprint density at radius 1 is 1.32 bits per heavy atom. The molecule has 0 spiro atoms. The Morgan fingerprint density at radius 3 is 3.05 bits per heavy atom. The molecule has 0 bridgehead atoms. The van der Waals surface area contributed by atoms with Crippen LogP contribution in [-0.4, -0.2) is 54.6 Å². The third kappa shape index (κ3) is 2.79. The van der Waals surface area contributed by atoms with E-state index in [2.05, 4.69) is 4.90 Å². The van der Waals surface area contributed by atoms with Crippen LogP contribution >= 0.6 is 0 Å². The lowest BCUT2D eigenvalue weighted by atomic mass is 9.84. The van der Waals surface area contributed by atoms with Gasteiger partial charge in [0.2, 0.25) is 5.91 Å². The Balaban J connectivity index is 1.37. The minimum absolute atomic E-state index is 0.214. The maximum atomic E-state index is 11.8. The number of ether oxygens (including phenoxy) is 1. The second-order valence-corrected chi connectivity index (χ2v) is 6.84. The summed E-state index contributed by atoms with van der Waals surface area (Å²) in [6.07, 6.45) is 4.86. The van der Waals surface area contributed by atoms with Gasteiger partial charge in [-0.3, -0.25) is 9.69 Å². The van der Waals surface area contributed by atoms with Crippen molar-refractivity contribution in [2.75, 3.05) is 32.8 Å². The van der Waals surface area contributed by atoms with Gasteiger partial charge in [0.25, 0.3) is 0 Å². The fourth-order valence-electron chi connectivity index (χ4n) is 4.17. The number of rotatable bonds is 4. The molecular formula is C17H24N2O3. The van der Waals surface area contributed by atoms with Gasteiger partial charge in [-0.1, -0.05) is 0 Å². The predicted molar refractivity (Wildman–Crippen MR) is 81.1 cm³/mol. The normalized spacial score (nSPS) is 32.6. The fraction of sp³-hybridized carbons (Fsp3) is 0.706. The number of hydrogen-bond donors (Lipinski definition) is 0. The zero-order valence-corrected chi connectivity index (χ0v) is 12.9. The van der Waals surface area contributed by atoms with E-state index in [1.165, 1.54) is 6.42 Å². The minimum atomic E-state index is 0.214. The summed E-state index contributed by atoms with van der Waals surface area (Å²) in [5, 5.41) is 0. The molecule has 1 aromatic heterocycles. The highest BCUT2D eigenvalue weighted by atomic mass is 16.5. The molecule has 0 unspecified atom stereocenters. The van der Waals surface area contributed by atoms with Crippen molar-refractivity contribution in [3.63, 3.8) is 0 Å². The van der Waals surface area contributed by atoms with E-state index >= 15 is 0 Å². The van der Waals surface area contributed by atoms with E-state index in [0.29, 0.717) is 24.2 Å². The van der Waals surface area contributed by atoms with Crippen molar-refractivity contribution in [1.29, 1.82) is 0 Å². The average Bonchev–Trinajstić information content (AvgIpc) is 3.24. The largest absolute Gasteiger partial charge is 0.468 e. The van der Waals surface area contributed by atoms with Crippen LogP contribution in [0.4, 0.5) is 0 Å². The minimum Gasteiger partial charge on any atom is -0.468 e. The Bertz CT molecular complexity index is 516. The quantitative estimate of drug-likeness (QED) is 0.850. The fourth-order valence-corrected chi connectivity index (χ4v) is 4.17. The molecule has 0 aliphatic carbocycles. The van der Waals surface area contributed by atoms with Crippen LogP contribution in [0.5, 0.6) is 0 Å². The summed E-state index contributed by atoms with van der Waals surface area (Å²) in [4.78, 5) is 16.3. The third-order valence-electron chi connectivity index (χ3n) is 5.42. The Morgan fingerprint density at radius 2 is 2.27 bits per heavy atom. The molecule has 4 heterocycles. The van der Waals surface area contributed by atoms with Gasteiger partial charge in [0, 0.05) is 32.0 Å². The summed E-state index contributed by atoms with van der Waals surface area (Å²) in [7, 11) is 0. The highest BCUT2D eigenvalue weighted by molar-refractivity contribution is 5.78. The molecule has 3 aliphatic heterocycles. The molecular weight excluding hydrogens is 280 g/mol. The van der Waals surface area contributed by atoms with Gasteiger partial charge in [0.05, 0.1) is 25.5 Å². The van der Waals surface area contributed by atoms with Crippen molar-refractivity contribution in [2.24, 2.45) is 11.8 Å². The zero-order valence-electron chi connectivity index (χ0n) is 12.9. The van der Waals surface area contributed by atoms with Gasteiger partial charge in [-0.2, -0.15) is 0 Å². The van der Waals surface area contributed by atoms with Crippen LogP contribution in [0, 0.1) is 11.8 Å². The maximum Gasteiger partial charge on any atom is 0.222 e. The first-order chi connectivity index (χ1) is 10.8. The summed E-state index contributed by atoms with van der Waals surface area (Å²) in [6.45, 7) is 5.61. The highest BCUT2D eigenvalue weighted by Gasteiger charge is 2.42. The van der Waals surface area contributed by atoms with Gasteiger partial charge >= 0.3 is 0 Å². The van der Waals surface area contributed by atoms with Crippen LogP contribution in [0.2, 0.25) is 0 Å². The lowest BCUT2D eigenvalue weighted by Gasteiger charge is -2.36. The standard InChI is InChI=1S/C17H24N2O3/c20-17-4-1-6-19(17)11-16-15-10-18(7-5-13(15)12-22-16)9-14-3-2-8-21-14/h2-3,8,13,15-16H,1,4-7,9-12H2/t13-,15-,16+/m0/s1. The van der Waals surface area contributed by atoms with Gasteiger partial charge in [-0.05, 0) is 37.4 Å². The monoisotopic (exact) mass is 304 g/mol. The van der Waals surface area contributed by atoms with E-state index in [0.717, 1.165) is 51.5 Å². The molecule has 4 rings (SSSR count). The van der Waals surface area contributed by atoms with Crippen LogP contribution in [-0.2, 0) is 16.1 Å². The van der Waals surface area contributed by atoms with E-state index in [9.17, 15) is 4.79 Å². The second-order valence-electron chi connectivity index (χ2n) is 6.84. The smallest absolute Gasteiger partial charge is 0.222 e. The second kappa shape index (κ2) is 6.05. The number of nitrogens with zero attached hydrogens (tertiary/aromatic N) is 2. The summed E-state index contributed by atoms with van der Waals surface area (Å²) in [5.41, 5.74) is 0. The number of likely N-dealkylation sites (tertiary alicyclic amines) is 2. The molecule has 0 N–H and O–H groups in total. The molecule has 3 atom stereocenters. The van der Waals surface area contributed by atoms with E-state index < -0.39 is 0 Å². The molecule has 1 amide bonds. The van der Waals surface area contributed by atoms with E-state index in [-0.39, 0.29) is 6.10 Å². The summed E-state index contributed by atoms with van der Waals surface area (Å²) < 4.78 is 11.5. The predicted octanol–water partition coefficient (Wildman–Crippen LogP) is 1.74. The Labute approximate surface area is 131 Å². The number of hydrogen-bond acceptors (Lipinski definition) is 4. The molecule has 5 nitrogen and oxygen atoms in total. The number of amides is 1.